The number of hydrogen-bond acceptors (Lipinski definition) is 1. The van der Waals surface area contributed by atoms with Gasteiger partial charge in [0, 0.05) is 18.9 Å². The second-order valence-electron chi connectivity index (χ2n) is 2.04. The molecule has 0 aliphatic heterocycles. The minimum absolute atomic E-state index is 0.739. The van der Waals surface area contributed by atoms with E-state index in [0.29, 0.717) is 0 Å². The van der Waals surface area contributed by atoms with Crippen LogP contribution in [0.2, 0.25) is 0 Å². The van der Waals surface area contributed by atoms with E-state index in [-0.39, 0.29) is 0 Å². The number of rotatable bonds is 2. The van der Waals surface area contributed by atoms with Gasteiger partial charge in [-0.15, -0.1) is 0 Å². The first-order valence-corrected chi connectivity index (χ1v) is 3.11. The van der Waals surface area contributed by atoms with Gasteiger partial charge in [-0.05, 0) is 6.42 Å². The van der Waals surface area contributed by atoms with Crippen molar-refractivity contribution in [1.29, 1.82) is 0 Å². The highest BCUT2D eigenvalue weighted by molar-refractivity contribution is 6.31. The molecule has 0 N–H and O–H groups in total. The summed E-state index contributed by atoms with van der Waals surface area (Å²) < 4.78 is 1.84. The first-order chi connectivity index (χ1) is 4.33. The van der Waals surface area contributed by atoms with Crippen molar-refractivity contribution in [2.75, 3.05) is 0 Å². The van der Waals surface area contributed by atoms with Gasteiger partial charge in [0.1, 0.15) is 7.85 Å². The Labute approximate surface area is 56.3 Å². The van der Waals surface area contributed by atoms with E-state index in [4.69, 9.17) is 7.85 Å². The number of aromatic nitrogens is 2. The summed E-state index contributed by atoms with van der Waals surface area (Å²) >= 11 is 0. The van der Waals surface area contributed by atoms with Gasteiger partial charge in [0.15, 0.2) is 0 Å². The first-order valence-electron chi connectivity index (χ1n) is 3.11. The van der Waals surface area contributed by atoms with Gasteiger partial charge in [0.2, 0.25) is 0 Å². The topological polar surface area (TPSA) is 17.8 Å². The summed E-state index contributed by atoms with van der Waals surface area (Å²) in [4.78, 5) is 0. The molecule has 3 heteroatoms. The molecular formula is C6H9BN2. The summed E-state index contributed by atoms with van der Waals surface area (Å²) in [6.45, 7) is 3.06. The van der Waals surface area contributed by atoms with Crippen LogP contribution in [0, 0.1) is 0 Å². The van der Waals surface area contributed by atoms with E-state index in [9.17, 15) is 0 Å². The highest BCUT2D eigenvalue weighted by atomic mass is 15.3. The van der Waals surface area contributed by atoms with Crippen LogP contribution in [-0.2, 0) is 6.54 Å². The molecule has 1 aromatic heterocycles. The van der Waals surface area contributed by atoms with E-state index in [1.165, 1.54) is 0 Å². The summed E-state index contributed by atoms with van der Waals surface area (Å²) in [5.41, 5.74) is 0.739. The molecular weight excluding hydrogens is 111 g/mol. The lowest BCUT2D eigenvalue weighted by Gasteiger charge is -1.93. The van der Waals surface area contributed by atoms with Crippen molar-refractivity contribution in [3.05, 3.63) is 12.4 Å². The maximum atomic E-state index is 5.43. The van der Waals surface area contributed by atoms with Crippen LogP contribution in [0.5, 0.6) is 0 Å². The van der Waals surface area contributed by atoms with Crippen molar-refractivity contribution in [2.45, 2.75) is 19.9 Å². The van der Waals surface area contributed by atoms with E-state index in [0.717, 1.165) is 18.4 Å². The number of hydrogen-bond donors (Lipinski definition) is 0. The van der Waals surface area contributed by atoms with Gasteiger partial charge in [-0.2, -0.15) is 5.10 Å². The standard InChI is InChI=1S/C6H9BN2/c1-2-3-9-5-6(7)4-8-9/h4-5H,2-3H2,1H3. The minimum atomic E-state index is 0.739. The summed E-state index contributed by atoms with van der Waals surface area (Å²) in [5, 5.41) is 4.00. The molecule has 0 unspecified atom stereocenters. The Balaban J connectivity index is 2.61. The van der Waals surface area contributed by atoms with E-state index in [1.807, 2.05) is 10.9 Å². The van der Waals surface area contributed by atoms with Gasteiger partial charge in [0.05, 0.1) is 0 Å². The third-order valence-corrected chi connectivity index (χ3v) is 1.11. The Hall–Kier alpha value is -0.725. The summed E-state index contributed by atoms with van der Waals surface area (Å²) in [5.74, 6) is 0. The molecule has 0 bridgehead atoms. The Kier molecular flexibility index (Phi) is 1.93. The third kappa shape index (κ3) is 1.59. The highest BCUT2D eigenvalue weighted by Crippen LogP contribution is 1.83. The normalized spacial score (nSPS) is 9.89. The summed E-state index contributed by atoms with van der Waals surface area (Å²) in [6.07, 6.45) is 4.60. The molecule has 0 atom stereocenters. The number of aryl methyl sites for hydroxylation is 1. The molecule has 0 spiro atoms. The Morgan fingerprint density at radius 3 is 3.00 bits per heavy atom. The molecule has 0 amide bonds. The van der Waals surface area contributed by atoms with Crippen molar-refractivity contribution >= 4 is 13.3 Å². The predicted octanol–water partition coefficient (Wildman–Crippen LogP) is 0.0869. The molecule has 0 aliphatic carbocycles. The maximum Gasteiger partial charge on any atom is 0.118 e. The van der Waals surface area contributed by atoms with Gasteiger partial charge in [-0.3, -0.25) is 4.68 Å². The largest absolute Gasteiger partial charge is 0.273 e. The smallest absolute Gasteiger partial charge is 0.118 e. The first kappa shape index (κ1) is 6.40. The van der Waals surface area contributed by atoms with Gasteiger partial charge in [-0.25, -0.2) is 0 Å². The molecule has 0 saturated carbocycles. The third-order valence-electron chi connectivity index (χ3n) is 1.11. The zero-order chi connectivity index (χ0) is 6.69. The van der Waals surface area contributed by atoms with Crippen LogP contribution in [0.25, 0.3) is 0 Å². The molecule has 0 aliphatic rings. The lowest BCUT2D eigenvalue weighted by atomic mass is 10.0. The maximum absolute atomic E-state index is 5.43. The van der Waals surface area contributed by atoms with Crippen LogP contribution in [0.15, 0.2) is 12.4 Å². The van der Waals surface area contributed by atoms with Crippen LogP contribution in [0.4, 0.5) is 0 Å². The van der Waals surface area contributed by atoms with Crippen molar-refractivity contribution in [2.24, 2.45) is 0 Å². The molecule has 1 aromatic rings. The van der Waals surface area contributed by atoms with E-state index in [2.05, 4.69) is 12.0 Å². The average molecular weight is 120 g/mol. The minimum Gasteiger partial charge on any atom is -0.273 e. The van der Waals surface area contributed by atoms with Crippen LogP contribution in [0.3, 0.4) is 0 Å². The molecule has 0 saturated heterocycles. The van der Waals surface area contributed by atoms with Crippen LogP contribution in [-0.4, -0.2) is 17.6 Å². The van der Waals surface area contributed by atoms with E-state index < -0.39 is 0 Å². The molecule has 1 rings (SSSR count). The van der Waals surface area contributed by atoms with E-state index >= 15 is 0 Å². The van der Waals surface area contributed by atoms with Gasteiger partial charge < -0.3 is 0 Å². The van der Waals surface area contributed by atoms with E-state index in [1.54, 1.807) is 6.20 Å². The van der Waals surface area contributed by atoms with Gasteiger partial charge in [0.25, 0.3) is 0 Å². The lowest BCUT2D eigenvalue weighted by Crippen LogP contribution is -1.99. The van der Waals surface area contributed by atoms with Crippen molar-refractivity contribution < 1.29 is 0 Å². The number of nitrogens with zero attached hydrogens (tertiary/aromatic N) is 2. The summed E-state index contributed by atoms with van der Waals surface area (Å²) in [6, 6.07) is 0. The van der Waals surface area contributed by atoms with Gasteiger partial charge >= 0.3 is 0 Å². The molecule has 46 valence electrons. The zero-order valence-electron chi connectivity index (χ0n) is 5.54. The van der Waals surface area contributed by atoms with Crippen molar-refractivity contribution in [3.63, 3.8) is 0 Å². The lowest BCUT2D eigenvalue weighted by molar-refractivity contribution is 0.603. The Bertz CT molecular complexity index is 183. The monoisotopic (exact) mass is 120 g/mol. The molecule has 2 radical (unpaired) electrons. The van der Waals surface area contributed by atoms with Gasteiger partial charge in [-0.1, -0.05) is 12.4 Å². The fourth-order valence-electron chi connectivity index (χ4n) is 0.731. The molecule has 0 aromatic carbocycles. The highest BCUT2D eigenvalue weighted by Gasteiger charge is 1.88. The fraction of sp³-hybridized carbons (Fsp3) is 0.500. The SMILES string of the molecule is [B]c1cnn(CCC)c1. The second kappa shape index (κ2) is 2.71. The van der Waals surface area contributed by atoms with Crippen LogP contribution < -0.4 is 5.46 Å². The molecule has 0 fully saturated rings. The Morgan fingerprint density at radius 1 is 1.78 bits per heavy atom. The second-order valence-corrected chi connectivity index (χ2v) is 2.04. The molecule has 2 nitrogen and oxygen atoms in total. The van der Waals surface area contributed by atoms with Crippen molar-refractivity contribution in [1.82, 2.24) is 9.78 Å². The quantitative estimate of drug-likeness (QED) is 0.505. The van der Waals surface area contributed by atoms with Crippen LogP contribution in [0.1, 0.15) is 13.3 Å². The Morgan fingerprint density at radius 2 is 2.56 bits per heavy atom. The average Bonchev–Trinajstić information content (AvgIpc) is 2.17. The van der Waals surface area contributed by atoms with Crippen molar-refractivity contribution in [3.8, 4) is 0 Å². The zero-order valence-corrected chi connectivity index (χ0v) is 5.54. The fourth-order valence-corrected chi connectivity index (χ4v) is 0.731. The molecule has 9 heavy (non-hydrogen) atoms. The van der Waals surface area contributed by atoms with Crippen LogP contribution >= 0.6 is 0 Å². The summed E-state index contributed by atoms with van der Waals surface area (Å²) in [7, 11) is 5.43. The predicted molar refractivity (Wildman–Crippen MR) is 37.9 cm³/mol. The molecule has 1 heterocycles.